The van der Waals surface area contributed by atoms with Crippen LogP contribution in [0.4, 0.5) is 5.69 Å². The second-order valence-electron chi connectivity index (χ2n) is 9.83. The maximum absolute atomic E-state index is 11.6. The highest BCUT2D eigenvalue weighted by molar-refractivity contribution is 8.03. The first-order valence-electron chi connectivity index (χ1n) is 12.9. The van der Waals surface area contributed by atoms with Crippen molar-refractivity contribution in [3.63, 3.8) is 0 Å². The van der Waals surface area contributed by atoms with Crippen LogP contribution in [0, 0.1) is 0 Å². The molecule has 0 bridgehead atoms. The molecule has 3 aromatic rings. The van der Waals surface area contributed by atoms with Crippen molar-refractivity contribution in [1.82, 2.24) is 0 Å². The summed E-state index contributed by atoms with van der Waals surface area (Å²) in [4.78, 5) is 2.99. The van der Waals surface area contributed by atoms with Gasteiger partial charge in [-0.15, -0.1) is 0 Å². The molecule has 1 aromatic heterocycles. The lowest BCUT2D eigenvalue weighted by Gasteiger charge is -2.22. The van der Waals surface area contributed by atoms with E-state index >= 15 is 0 Å². The van der Waals surface area contributed by atoms with Crippen LogP contribution >= 0.6 is 46.3 Å². The fraction of sp³-hybridized carbons (Fsp3) is 0.370. The van der Waals surface area contributed by atoms with Gasteiger partial charge in [0.1, 0.15) is 4.70 Å². The quantitative estimate of drug-likeness (QED) is 0.175. The predicted octanol–water partition coefficient (Wildman–Crippen LogP) is 6.73. The minimum atomic E-state index is -4.41. The lowest BCUT2D eigenvalue weighted by atomic mass is 10.1. The fourth-order valence-electron chi connectivity index (χ4n) is 4.30. The molecule has 0 spiro atoms. The van der Waals surface area contributed by atoms with Crippen molar-refractivity contribution in [3.05, 3.63) is 68.1 Å². The summed E-state index contributed by atoms with van der Waals surface area (Å²) < 4.78 is 70.4. The molecule has 1 N–H and O–H groups in total. The van der Waals surface area contributed by atoms with Gasteiger partial charge in [-0.3, -0.25) is 4.55 Å². The Hall–Kier alpha value is -1.64. The smallest absolute Gasteiger partial charge is 0.267 e. The zero-order chi connectivity index (χ0) is 30.1. The average Bonchev–Trinajstić information content (AvgIpc) is 3.40. The maximum atomic E-state index is 11.6. The summed E-state index contributed by atoms with van der Waals surface area (Å²) in [6.07, 6.45) is 5.13. The number of allylic oxidation sites excluding steroid dienone is 2. The third-order valence-electron chi connectivity index (χ3n) is 6.93. The van der Waals surface area contributed by atoms with Gasteiger partial charge in [-0.05, 0) is 68.7 Å². The summed E-state index contributed by atoms with van der Waals surface area (Å²) in [5.74, 6) is 0. The van der Waals surface area contributed by atoms with Gasteiger partial charge < -0.3 is 9.45 Å². The molecule has 14 heteroatoms. The van der Waals surface area contributed by atoms with Gasteiger partial charge in [0.15, 0.2) is 6.54 Å². The molecule has 1 aliphatic heterocycles. The largest absolute Gasteiger partial charge is 0.748 e. The van der Waals surface area contributed by atoms with E-state index < -0.39 is 30.7 Å². The molecule has 2 atom stereocenters. The van der Waals surface area contributed by atoms with Gasteiger partial charge >= 0.3 is 0 Å². The molecule has 0 saturated heterocycles. The Morgan fingerprint density at radius 3 is 2.41 bits per heavy atom. The number of hydrogen-bond acceptors (Lipinski definition) is 8. The molecule has 4 rings (SSSR count). The van der Waals surface area contributed by atoms with Crippen LogP contribution in [0.3, 0.4) is 0 Å². The standard InChI is InChI=1S/C27H30Cl2N2O6S4/c1-4-19(13-26-30(11-9-17(2)40(32,33)34)22-15-20(28)5-7-24(22)38-26)14-27-31(12-10-18(3)41(35,36)37)23-16-21(29)6-8-25(23)39-27/h5-8,13-18H,4,9-12H2,1-3H3,(H-,32,33,34,35,36,37). The maximum Gasteiger partial charge on any atom is 0.267 e. The van der Waals surface area contributed by atoms with Crippen molar-refractivity contribution in [1.29, 1.82) is 0 Å². The van der Waals surface area contributed by atoms with E-state index in [0.717, 1.165) is 36.4 Å². The van der Waals surface area contributed by atoms with Crippen molar-refractivity contribution in [3.8, 4) is 0 Å². The van der Waals surface area contributed by atoms with Gasteiger partial charge in [0.25, 0.3) is 15.1 Å². The highest BCUT2D eigenvalue weighted by Gasteiger charge is 2.28. The second-order valence-corrected chi connectivity index (χ2v) is 16.5. The Morgan fingerprint density at radius 2 is 1.76 bits per heavy atom. The van der Waals surface area contributed by atoms with Gasteiger partial charge in [-0.25, -0.2) is 8.42 Å². The summed E-state index contributed by atoms with van der Waals surface area (Å²) >= 11 is 15.7. The third-order valence-corrected chi connectivity index (χ3v) is 12.1. The first-order chi connectivity index (χ1) is 19.2. The number of aryl methyl sites for hydroxylation is 1. The molecule has 0 saturated carbocycles. The van der Waals surface area contributed by atoms with Crippen molar-refractivity contribution in [2.24, 2.45) is 0 Å². The molecule has 0 fully saturated rings. The Morgan fingerprint density at radius 1 is 1.07 bits per heavy atom. The molecule has 0 aliphatic carbocycles. The molecule has 0 amide bonds. The third kappa shape index (κ3) is 7.85. The Bertz CT molecular complexity index is 1740. The molecule has 41 heavy (non-hydrogen) atoms. The van der Waals surface area contributed by atoms with Crippen LogP contribution in [0.15, 0.2) is 58.0 Å². The van der Waals surface area contributed by atoms with Gasteiger partial charge in [0, 0.05) is 40.0 Å². The highest BCUT2D eigenvalue weighted by Crippen LogP contribution is 2.47. The topological polar surface area (TPSA) is 119 Å². The van der Waals surface area contributed by atoms with Crippen molar-refractivity contribution < 1.29 is 30.5 Å². The minimum Gasteiger partial charge on any atom is -0.748 e. The number of nitrogens with zero attached hydrogens (tertiary/aromatic N) is 2. The van der Waals surface area contributed by atoms with Crippen LogP contribution in [0.25, 0.3) is 16.3 Å². The number of thiazole rings is 1. The number of rotatable bonds is 11. The summed E-state index contributed by atoms with van der Waals surface area (Å²) in [7, 11) is -8.58. The average molecular weight is 678 g/mol. The fourth-order valence-corrected chi connectivity index (χ4v) is 7.72. The molecule has 222 valence electrons. The predicted molar refractivity (Wildman–Crippen MR) is 167 cm³/mol. The number of aromatic nitrogens is 1. The zero-order valence-corrected chi connectivity index (χ0v) is 27.4. The SMILES string of the molecule is CCC(/C=C1\Sc2ccc(Cl)cc2N1CCC(C)S(=O)(=O)O)=C\c1sc2ccc(Cl)cc2[n+]1CCC(C)S(=O)(=O)[O-]. The zero-order valence-electron chi connectivity index (χ0n) is 22.6. The summed E-state index contributed by atoms with van der Waals surface area (Å²) in [6, 6.07) is 11.1. The molecule has 1 aliphatic rings. The molecule has 2 unspecified atom stereocenters. The molecule has 2 heterocycles. The summed E-state index contributed by atoms with van der Waals surface area (Å²) in [6.45, 7) is 5.59. The Labute approximate surface area is 259 Å². The van der Waals surface area contributed by atoms with E-state index in [1.807, 2.05) is 52.8 Å². The minimum absolute atomic E-state index is 0.157. The molecular formula is C27H30Cl2N2O6S4. The van der Waals surface area contributed by atoms with Gasteiger partial charge in [0.05, 0.1) is 31.3 Å². The molecular weight excluding hydrogens is 647 g/mol. The highest BCUT2D eigenvalue weighted by atomic mass is 35.5. The summed E-state index contributed by atoms with van der Waals surface area (Å²) in [5, 5.41) is 0.913. The Balaban J connectivity index is 1.73. The van der Waals surface area contributed by atoms with E-state index in [9.17, 15) is 25.9 Å². The van der Waals surface area contributed by atoms with Crippen molar-refractivity contribution >= 4 is 88.5 Å². The van der Waals surface area contributed by atoms with E-state index in [-0.39, 0.29) is 12.8 Å². The lowest BCUT2D eigenvalue weighted by molar-refractivity contribution is -0.669. The van der Waals surface area contributed by atoms with Crippen LogP contribution in [0.5, 0.6) is 0 Å². The monoisotopic (exact) mass is 676 g/mol. The molecule has 0 radical (unpaired) electrons. The van der Waals surface area contributed by atoms with E-state index in [0.29, 0.717) is 29.6 Å². The number of halogens is 2. The second kappa shape index (κ2) is 12.9. The van der Waals surface area contributed by atoms with E-state index in [4.69, 9.17) is 23.2 Å². The number of fused-ring (bicyclic) bond motifs is 2. The van der Waals surface area contributed by atoms with E-state index in [2.05, 4.69) is 0 Å². The van der Waals surface area contributed by atoms with E-state index in [1.54, 1.807) is 23.9 Å². The van der Waals surface area contributed by atoms with Crippen molar-refractivity contribution in [2.75, 3.05) is 11.4 Å². The van der Waals surface area contributed by atoms with Crippen LogP contribution in [-0.2, 0) is 26.8 Å². The van der Waals surface area contributed by atoms with Crippen LogP contribution in [0.2, 0.25) is 10.0 Å². The van der Waals surface area contributed by atoms with Gasteiger partial charge in [-0.2, -0.15) is 13.0 Å². The molecule has 8 nitrogen and oxygen atoms in total. The van der Waals surface area contributed by atoms with E-state index in [1.165, 1.54) is 25.2 Å². The summed E-state index contributed by atoms with van der Waals surface area (Å²) in [5.41, 5.74) is 2.70. The normalized spacial score (nSPS) is 16.9. The number of anilines is 1. The van der Waals surface area contributed by atoms with Crippen LogP contribution in [0.1, 0.15) is 45.0 Å². The number of hydrogen-bond donors (Lipinski definition) is 1. The van der Waals surface area contributed by atoms with Crippen LogP contribution < -0.4 is 9.47 Å². The van der Waals surface area contributed by atoms with Gasteiger partial charge in [0.2, 0.25) is 5.52 Å². The number of benzene rings is 2. The lowest BCUT2D eigenvalue weighted by Crippen LogP contribution is -2.37. The first kappa shape index (κ1) is 32.3. The van der Waals surface area contributed by atoms with Gasteiger partial charge in [-0.1, -0.05) is 53.2 Å². The first-order valence-corrected chi connectivity index (χ1v) is 18.2. The number of thioether (sulfide) groups is 1. The molecule has 2 aromatic carbocycles. The van der Waals surface area contributed by atoms with Crippen molar-refractivity contribution in [2.45, 2.75) is 62.0 Å². The Kier molecular flexibility index (Phi) is 10.2. The van der Waals surface area contributed by atoms with Crippen LogP contribution in [-0.4, -0.2) is 43.0 Å².